The van der Waals surface area contributed by atoms with Crippen LogP contribution in [0.4, 0.5) is 11.9 Å². The first-order valence-electron chi connectivity index (χ1n) is 13.8. The number of aromatic nitrogens is 4. The van der Waals surface area contributed by atoms with Crippen LogP contribution in [0.2, 0.25) is 0 Å². The Labute approximate surface area is 229 Å². The lowest BCUT2D eigenvalue weighted by Gasteiger charge is -2.29. The molecule has 6 rings (SSSR count). The highest BCUT2D eigenvalue weighted by atomic mass is 16.5. The third-order valence-corrected chi connectivity index (χ3v) is 7.80. The predicted octanol–water partition coefficient (Wildman–Crippen LogP) is 4.84. The Balaban J connectivity index is 1.45. The molecule has 0 radical (unpaired) electrons. The average molecular weight is 529 g/mol. The summed E-state index contributed by atoms with van der Waals surface area (Å²) in [7, 11) is 3.38. The van der Waals surface area contributed by atoms with Crippen molar-refractivity contribution in [2.75, 3.05) is 50.3 Å². The molecular formula is C30H36N6O3. The van der Waals surface area contributed by atoms with Gasteiger partial charge in [0.1, 0.15) is 11.5 Å². The first-order chi connectivity index (χ1) is 19.2. The SMILES string of the molecule is COc1ccc(CN(Cc2ccc(OC)cc2)c2nc(N3CCOCC3)nc3c(C4CCCC4)cnn23)cc1. The van der Waals surface area contributed by atoms with Gasteiger partial charge in [-0.05, 0) is 54.2 Å². The van der Waals surface area contributed by atoms with Crippen LogP contribution in [-0.4, -0.2) is 60.1 Å². The van der Waals surface area contributed by atoms with E-state index >= 15 is 0 Å². The summed E-state index contributed by atoms with van der Waals surface area (Å²) >= 11 is 0. The first kappa shape index (κ1) is 25.4. The third kappa shape index (κ3) is 5.49. The van der Waals surface area contributed by atoms with Crippen molar-refractivity contribution >= 4 is 17.5 Å². The molecule has 3 heterocycles. The summed E-state index contributed by atoms with van der Waals surface area (Å²) in [5.41, 5.74) is 4.47. The smallest absolute Gasteiger partial charge is 0.232 e. The largest absolute Gasteiger partial charge is 0.497 e. The van der Waals surface area contributed by atoms with Crippen LogP contribution in [-0.2, 0) is 17.8 Å². The highest BCUT2D eigenvalue weighted by Crippen LogP contribution is 2.37. The molecule has 1 saturated carbocycles. The second kappa shape index (κ2) is 11.5. The van der Waals surface area contributed by atoms with E-state index in [-0.39, 0.29) is 0 Å². The summed E-state index contributed by atoms with van der Waals surface area (Å²) < 4.78 is 18.4. The molecule has 2 fully saturated rings. The van der Waals surface area contributed by atoms with Crippen LogP contribution < -0.4 is 19.3 Å². The lowest BCUT2D eigenvalue weighted by atomic mass is 10.0. The van der Waals surface area contributed by atoms with Gasteiger partial charge in [0.05, 0.1) is 33.6 Å². The van der Waals surface area contributed by atoms with Crippen molar-refractivity contribution < 1.29 is 14.2 Å². The molecule has 39 heavy (non-hydrogen) atoms. The molecular weight excluding hydrogens is 492 g/mol. The molecule has 0 spiro atoms. The highest BCUT2D eigenvalue weighted by molar-refractivity contribution is 5.57. The maximum absolute atomic E-state index is 5.63. The molecule has 9 heteroatoms. The molecule has 0 amide bonds. The third-order valence-electron chi connectivity index (χ3n) is 7.80. The van der Waals surface area contributed by atoms with Gasteiger partial charge in [0.2, 0.25) is 11.9 Å². The van der Waals surface area contributed by atoms with Crippen LogP contribution in [0.15, 0.2) is 54.7 Å². The molecule has 0 atom stereocenters. The molecule has 2 aromatic heterocycles. The summed E-state index contributed by atoms with van der Waals surface area (Å²) in [4.78, 5) is 14.8. The van der Waals surface area contributed by atoms with Gasteiger partial charge in [-0.3, -0.25) is 0 Å². The number of hydrogen-bond donors (Lipinski definition) is 0. The van der Waals surface area contributed by atoms with E-state index in [1.54, 1.807) is 14.2 Å². The number of fused-ring (bicyclic) bond motifs is 1. The molecule has 9 nitrogen and oxygen atoms in total. The van der Waals surface area contributed by atoms with Gasteiger partial charge in [-0.15, -0.1) is 0 Å². The van der Waals surface area contributed by atoms with Crippen LogP contribution in [0.25, 0.3) is 5.65 Å². The average Bonchev–Trinajstić information content (AvgIpc) is 3.68. The molecule has 4 aromatic rings. The fourth-order valence-electron chi connectivity index (χ4n) is 5.60. The van der Waals surface area contributed by atoms with E-state index in [4.69, 9.17) is 29.3 Å². The zero-order chi connectivity index (χ0) is 26.6. The summed E-state index contributed by atoms with van der Waals surface area (Å²) in [6.45, 7) is 4.23. The van der Waals surface area contributed by atoms with Gasteiger partial charge in [0.15, 0.2) is 5.65 Å². The minimum Gasteiger partial charge on any atom is -0.497 e. The summed E-state index contributed by atoms with van der Waals surface area (Å²) in [5, 5.41) is 4.88. The summed E-state index contributed by atoms with van der Waals surface area (Å²) in [5.74, 6) is 3.72. The number of morpholine rings is 1. The fourth-order valence-corrected chi connectivity index (χ4v) is 5.60. The van der Waals surface area contributed by atoms with Crippen molar-refractivity contribution in [1.29, 1.82) is 0 Å². The van der Waals surface area contributed by atoms with Gasteiger partial charge in [-0.25, -0.2) is 0 Å². The normalized spacial score (nSPS) is 16.1. The standard InChI is InChI=1S/C30H36N6O3/c1-37-25-11-7-22(8-12-25)20-35(21-23-9-13-26(38-2)14-10-23)30-33-29(34-15-17-39-18-16-34)32-28-27(19-31-36(28)30)24-5-3-4-6-24/h7-14,19,24H,3-6,15-18,20-21H2,1-2H3. The number of benzene rings is 2. The van der Waals surface area contributed by atoms with Crippen molar-refractivity contribution in [3.05, 3.63) is 71.4 Å². The molecule has 204 valence electrons. The molecule has 1 saturated heterocycles. The fraction of sp³-hybridized carbons (Fsp3) is 0.433. The molecule has 1 aliphatic heterocycles. The van der Waals surface area contributed by atoms with E-state index in [9.17, 15) is 0 Å². The van der Waals surface area contributed by atoms with Crippen LogP contribution in [0.1, 0.15) is 48.3 Å². The number of anilines is 2. The van der Waals surface area contributed by atoms with E-state index < -0.39 is 0 Å². The van der Waals surface area contributed by atoms with Crippen molar-refractivity contribution in [2.45, 2.75) is 44.7 Å². The minimum atomic E-state index is 0.499. The Morgan fingerprint density at radius 1 is 0.846 bits per heavy atom. The van der Waals surface area contributed by atoms with Crippen molar-refractivity contribution in [2.24, 2.45) is 0 Å². The highest BCUT2D eigenvalue weighted by Gasteiger charge is 2.26. The maximum Gasteiger partial charge on any atom is 0.232 e. The van der Waals surface area contributed by atoms with Crippen molar-refractivity contribution in [1.82, 2.24) is 19.6 Å². The van der Waals surface area contributed by atoms with Gasteiger partial charge in [0.25, 0.3) is 0 Å². The number of ether oxygens (including phenoxy) is 3. The van der Waals surface area contributed by atoms with E-state index in [1.165, 1.54) is 31.2 Å². The summed E-state index contributed by atoms with van der Waals surface area (Å²) in [6.07, 6.45) is 6.92. The van der Waals surface area contributed by atoms with Crippen LogP contribution in [0, 0.1) is 0 Å². The Hall–Kier alpha value is -3.85. The first-order valence-corrected chi connectivity index (χ1v) is 13.8. The van der Waals surface area contributed by atoms with Gasteiger partial charge in [0, 0.05) is 31.7 Å². The van der Waals surface area contributed by atoms with Gasteiger partial charge in [-0.2, -0.15) is 19.6 Å². The Morgan fingerprint density at radius 2 is 1.44 bits per heavy atom. The lowest BCUT2D eigenvalue weighted by molar-refractivity contribution is 0.122. The van der Waals surface area contributed by atoms with E-state index in [0.717, 1.165) is 53.3 Å². The van der Waals surface area contributed by atoms with E-state index in [0.29, 0.717) is 32.2 Å². The topological polar surface area (TPSA) is 77.2 Å². The number of nitrogens with zero attached hydrogens (tertiary/aromatic N) is 6. The van der Waals surface area contributed by atoms with Gasteiger partial charge >= 0.3 is 0 Å². The quantitative estimate of drug-likeness (QED) is 0.305. The number of hydrogen-bond acceptors (Lipinski definition) is 8. The van der Waals surface area contributed by atoms with E-state index in [1.807, 2.05) is 35.0 Å². The Bertz CT molecular complexity index is 1330. The molecule has 0 unspecified atom stereocenters. The van der Waals surface area contributed by atoms with Crippen LogP contribution in [0.5, 0.6) is 11.5 Å². The van der Waals surface area contributed by atoms with Crippen molar-refractivity contribution in [3.63, 3.8) is 0 Å². The molecule has 2 aromatic carbocycles. The summed E-state index contributed by atoms with van der Waals surface area (Å²) in [6, 6.07) is 16.4. The zero-order valence-corrected chi connectivity index (χ0v) is 22.8. The monoisotopic (exact) mass is 528 g/mol. The van der Waals surface area contributed by atoms with Crippen LogP contribution in [0.3, 0.4) is 0 Å². The lowest BCUT2D eigenvalue weighted by Crippen LogP contribution is -2.38. The predicted molar refractivity (Wildman–Crippen MR) is 151 cm³/mol. The zero-order valence-electron chi connectivity index (χ0n) is 22.8. The Kier molecular flexibility index (Phi) is 7.49. The molecule has 0 N–H and O–H groups in total. The van der Waals surface area contributed by atoms with Gasteiger partial charge < -0.3 is 24.0 Å². The Morgan fingerprint density at radius 3 is 2.00 bits per heavy atom. The number of methoxy groups -OCH3 is 2. The molecule has 2 aliphatic rings. The maximum atomic E-state index is 5.63. The van der Waals surface area contributed by atoms with E-state index in [2.05, 4.69) is 34.1 Å². The van der Waals surface area contributed by atoms with Gasteiger partial charge in [-0.1, -0.05) is 37.1 Å². The second-order valence-corrected chi connectivity index (χ2v) is 10.3. The molecule has 0 bridgehead atoms. The molecule has 1 aliphatic carbocycles. The van der Waals surface area contributed by atoms with Crippen LogP contribution >= 0.6 is 0 Å². The number of rotatable bonds is 9. The minimum absolute atomic E-state index is 0.499. The second-order valence-electron chi connectivity index (χ2n) is 10.3. The van der Waals surface area contributed by atoms with Crippen molar-refractivity contribution in [3.8, 4) is 11.5 Å².